The van der Waals surface area contributed by atoms with Crippen LogP contribution in [-0.2, 0) is 19.5 Å². The number of carbonyl (C=O) groups is 1. The highest BCUT2D eigenvalue weighted by Crippen LogP contribution is 2.29. The van der Waals surface area contributed by atoms with Gasteiger partial charge in [-0.2, -0.15) is 0 Å². The molecule has 132 valence electrons. The molecule has 0 unspecified atom stereocenters. The number of rotatable bonds is 3. The molecule has 3 aromatic rings. The molecule has 0 spiro atoms. The smallest absolute Gasteiger partial charge is 0.255 e. The number of nitrogens with zero attached hydrogens (tertiary/aromatic N) is 3. The van der Waals surface area contributed by atoms with Gasteiger partial charge in [-0.15, -0.1) is 0 Å². The van der Waals surface area contributed by atoms with Crippen LogP contribution in [0.2, 0.25) is 10.0 Å². The summed E-state index contributed by atoms with van der Waals surface area (Å²) in [7, 11) is 0. The maximum absolute atomic E-state index is 13.3. The molecule has 1 aliphatic heterocycles. The molecule has 6 heteroatoms. The van der Waals surface area contributed by atoms with E-state index in [0.29, 0.717) is 28.7 Å². The van der Waals surface area contributed by atoms with E-state index in [1.165, 1.54) is 11.1 Å². The first-order valence-electron chi connectivity index (χ1n) is 8.40. The van der Waals surface area contributed by atoms with Gasteiger partial charge in [-0.1, -0.05) is 47.5 Å². The molecule has 4 nitrogen and oxygen atoms in total. The van der Waals surface area contributed by atoms with Crippen LogP contribution < -0.4 is 0 Å². The summed E-state index contributed by atoms with van der Waals surface area (Å²) in [4.78, 5) is 19.3. The van der Waals surface area contributed by atoms with Gasteiger partial charge in [-0.25, -0.2) is 4.98 Å². The first-order chi connectivity index (χ1) is 12.6. The normalized spacial score (nSPS) is 16.4. The number of hydrogen-bond acceptors (Lipinski definition) is 2. The molecule has 0 aliphatic carbocycles. The lowest BCUT2D eigenvalue weighted by Crippen LogP contribution is -2.46. The third-order valence-electron chi connectivity index (χ3n) is 4.76. The molecular formula is C20H17Cl2N3O. The van der Waals surface area contributed by atoms with Gasteiger partial charge in [-0.3, -0.25) is 4.79 Å². The van der Waals surface area contributed by atoms with E-state index in [-0.39, 0.29) is 11.9 Å². The second-order valence-electron chi connectivity index (χ2n) is 6.44. The average molecular weight is 386 g/mol. The number of aromatic nitrogens is 2. The summed E-state index contributed by atoms with van der Waals surface area (Å²) in [5.74, 6) is -0.0775. The number of carbonyl (C=O) groups excluding carboxylic acids is 1. The summed E-state index contributed by atoms with van der Waals surface area (Å²) < 4.78 is 2.00. The number of benzene rings is 2. The van der Waals surface area contributed by atoms with Crippen molar-refractivity contribution in [2.75, 3.05) is 0 Å². The van der Waals surface area contributed by atoms with E-state index in [4.69, 9.17) is 23.2 Å². The van der Waals surface area contributed by atoms with Crippen molar-refractivity contribution in [2.45, 2.75) is 25.6 Å². The zero-order chi connectivity index (χ0) is 18.1. The van der Waals surface area contributed by atoms with Crippen molar-refractivity contribution in [1.29, 1.82) is 0 Å². The third-order valence-corrected chi connectivity index (χ3v) is 5.31. The van der Waals surface area contributed by atoms with Gasteiger partial charge in [0.25, 0.3) is 5.91 Å². The van der Waals surface area contributed by atoms with Gasteiger partial charge in [0.05, 0.1) is 23.0 Å². The van der Waals surface area contributed by atoms with Crippen molar-refractivity contribution in [3.63, 3.8) is 0 Å². The summed E-state index contributed by atoms with van der Waals surface area (Å²) in [5.41, 5.74) is 2.93. The minimum atomic E-state index is -0.0775. The fourth-order valence-corrected chi connectivity index (χ4v) is 3.93. The Bertz CT molecular complexity index is 940. The molecule has 0 fully saturated rings. The highest BCUT2D eigenvalue weighted by atomic mass is 35.5. The first-order valence-corrected chi connectivity index (χ1v) is 9.16. The maximum Gasteiger partial charge on any atom is 0.255 e. The molecule has 1 aliphatic rings. The topological polar surface area (TPSA) is 38.1 Å². The number of amides is 1. The maximum atomic E-state index is 13.3. The van der Waals surface area contributed by atoms with Crippen LogP contribution >= 0.6 is 23.2 Å². The minimum absolute atomic E-state index is 0.0262. The predicted octanol–water partition coefficient (Wildman–Crippen LogP) is 4.46. The molecule has 1 aromatic heterocycles. The standard InChI is InChI=1S/C20H17Cl2N3O/c21-16-5-6-18(19(22)10-16)20(26)25-11-15-4-2-1-3-14(15)9-17(25)12-24-8-7-23-13-24/h1-8,10,13,17H,9,11-12H2/t17-/m0/s1. The number of halogens is 2. The molecule has 4 rings (SSSR count). The Morgan fingerprint density at radius 2 is 1.96 bits per heavy atom. The average Bonchev–Trinajstić information content (AvgIpc) is 3.14. The molecule has 0 N–H and O–H groups in total. The lowest BCUT2D eigenvalue weighted by molar-refractivity contribution is 0.0619. The molecule has 0 radical (unpaired) electrons. The zero-order valence-electron chi connectivity index (χ0n) is 14.0. The lowest BCUT2D eigenvalue weighted by Gasteiger charge is -2.37. The third kappa shape index (κ3) is 3.35. The van der Waals surface area contributed by atoms with Gasteiger partial charge in [0.1, 0.15) is 0 Å². The molecule has 1 amide bonds. The molecule has 2 heterocycles. The summed E-state index contributed by atoms with van der Waals surface area (Å²) in [6, 6.07) is 13.3. The molecule has 0 saturated heterocycles. The van der Waals surface area contributed by atoms with Gasteiger partial charge in [0, 0.05) is 30.5 Å². The van der Waals surface area contributed by atoms with Crippen LogP contribution in [0, 0.1) is 0 Å². The lowest BCUT2D eigenvalue weighted by atomic mass is 9.93. The Labute approximate surface area is 162 Å². The fourth-order valence-electron chi connectivity index (χ4n) is 3.44. The quantitative estimate of drug-likeness (QED) is 0.667. The molecule has 0 bridgehead atoms. The highest BCUT2D eigenvalue weighted by molar-refractivity contribution is 6.36. The van der Waals surface area contributed by atoms with Crippen LogP contribution in [0.5, 0.6) is 0 Å². The van der Waals surface area contributed by atoms with E-state index in [9.17, 15) is 4.79 Å². The number of imidazole rings is 1. The SMILES string of the molecule is O=C(c1ccc(Cl)cc1Cl)N1Cc2ccccc2C[C@H]1Cn1ccnc1. The van der Waals surface area contributed by atoms with Crippen molar-refractivity contribution in [3.8, 4) is 0 Å². The van der Waals surface area contributed by atoms with E-state index in [0.717, 1.165) is 6.42 Å². The van der Waals surface area contributed by atoms with Gasteiger partial charge in [0.15, 0.2) is 0 Å². The Balaban J connectivity index is 1.69. The molecule has 1 atom stereocenters. The van der Waals surface area contributed by atoms with Crippen LogP contribution in [0.3, 0.4) is 0 Å². The van der Waals surface area contributed by atoms with E-state index >= 15 is 0 Å². The fraction of sp³-hybridized carbons (Fsp3) is 0.200. The Morgan fingerprint density at radius 1 is 1.15 bits per heavy atom. The number of fused-ring (bicyclic) bond motifs is 1. The Hall–Kier alpha value is -2.30. The largest absolute Gasteiger partial charge is 0.335 e. The van der Waals surface area contributed by atoms with Crippen LogP contribution in [-0.4, -0.2) is 26.4 Å². The van der Waals surface area contributed by atoms with Crippen molar-refractivity contribution >= 4 is 29.1 Å². The van der Waals surface area contributed by atoms with E-state index in [1.54, 1.807) is 30.7 Å². The van der Waals surface area contributed by atoms with Crippen LogP contribution in [0.25, 0.3) is 0 Å². The van der Waals surface area contributed by atoms with Gasteiger partial charge in [0.2, 0.25) is 0 Å². The van der Waals surface area contributed by atoms with E-state index < -0.39 is 0 Å². The van der Waals surface area contributed by atoms with E-state index in [1.807, 2.05) is 27.8 Å². The summed E-state index contributed by atoms with van der Waals surface area (Å²) in [6.07, 6.45) is 6.24. The van der Waals surface area contributed by atoms with Crippen molar-refractivity contribution in [2.24, 2.45) is 0 Å². The Morgan fingerprint density at radius 3 is 2.69 bits per heavy atom. The second kappa shape index (κ2) is 7.14. The Kier molecular flexibility index (Phi) is 4.70. The van der Waals surface area contributed by atoms with E-state index in [2.05, 4.69) is 17.1 Å². The molecule has 2 aromatic carbocycles. The molecule has 0 saturated carbocycles. The highest BCUT2D eigenvalue weighted by Gasteiger charge is 2.31. The van der Waals surface area contributed by atoms with Crippen LogP contribution in [0.4, 0.5) is 0 Å². The van der Waals surface area contributed by atoms with Crippen molar-refractivity contribution in [3.05, 3.63) is 87.9 Å². The minimum Gasteiger partial charge on any atom is -0.335 e. The summed E-state index contributed by atoms with van der Waals surface area (Å²) >= 11 is 12.3. The summed E-state index contributed by atoms with van der Waals surface area (Å²) in [5, 5.41) is 0.897. The molecule has 26 heavy (non-hydrogen) atoms. The van der Waals surface area contributed by atoms with Crippen LogP contribution in [0.15, 0.2) is 61.2 Å². The van der Waals surface area contributed by atoms with Crippen LogP contribution in [0.1, 0.15) is 21.5 Å². The molecular weight excluding hydrogens is 369 g/mol. The first kappa shape index (κ1) is 17.1. The van der Waals surface area contributed by atoms with Gasteiger partial charge in [-0.05, 0) is 35.7 Å². The monoisotopic (exact) mass is 385 g/mol. The summed E-state index contributed by atoms with van der Waals surface area (Å²) in [6.45, 7) is 1.25. The van der Waals surface area contributed by atoms with Gasteiger partial charge >= 0.3 is 0 Å². The van der Waals surface area contributed by atoms with Crippen molar-refractivity contribution < 1.29 is 4.79 Å². The zero-order valence-corrected chi connectivity index (χ0v) is 15.5. The predicted molar refractivity (Wildman–Crippen MR) is 102 cm³/mol. The van der Waals surface area contributed by atoms with Crippen molar-refractivity contribution in [1.82, 2.24) is 14.5 Å². The number of hydrogen-bond donors (Lipinski definition) is 0. The second-order valence-corrected chi connectivity index (χ2v) is 7.29. The van der Waals surface area contributed by atoms with Gasteiger partial charge < -0.3 is 9.47 Å².